The topological polar surface area (TPSA) is 79.3 Å². The van der Waals surface area contributed by atoms with Gasteiger partial charge in [-0.05, 0) is 41.3 Å². The van der Waals surface area contributed by atoms with E-state index in [4.69, 9.17) is 9.84 Å². The van der Waals surface area contributed by atoms with Gasteiger partial charge in [0, 0.05) is 18.6 Å². The molecule has 0 aromatic heterocycles. The molecule has 188 valence electrons. The zero-order valence-corrected chi connectivity index (χ0v) is 21.3. The third-order valence-corrected chi connectivity index (χ3v) is 8.99. The van der Waals surface area contributed by atoms with Crippen LogP contribution in [0.15, 0.2) is 77.9 Å². The number of nitrogens with zero attached hydrogens (tertiary/aromatic N) is 3. The van der Waals surface area contributed by atoms with Crippen LogP contribution in [0.4, 0.5) is 0 Å². The summed E-state index contributed by atoms with van der Waals surface area (Å²) in [5, 5.41) is 8.41. The molecule has 8 heteroatoms. The van der Waals surface area contributed by atoms with Gasteiger partial charge in [0.1, 0.15) is 6.04 Å². The van der Waals surface area contributed by atoms with Gasteiger partial charge in [0.25, 0.3) is 5.91 Å². The van der Waals surface area contributed by atoms with Crippen molar-refractivity contribution in [1.29, 1.82) is 0 Å². The molecule has 37 heavy (non-hydrogen) atoms. The maximum atomic E-state index is 13.3. The van der Waals surface area contributed by atoms with Crippen molar-refractivity contribution in [2.24, 2.45) is 5.10 Å². The lowest BCUT2D eigenvalue weighted by atomic mass is 9.97. The van der Waals surface area contributed by atoms with Gasteiger partial charge in [0.05, 0.1) is 16.6 Å². The molecule has 6 rings (SSSR count). The van der Waals surface area contributed by atoms with E-state index in [0.717, 1.165) is 34.0 Å². The summed E-state index contributed by atoms with van der Waals surface area (Å²) in [6.07, 6.45) is 1.71. The molecule has 7 nitrogen and oxygen atoms in total. The highest BCUT2D eigenvalue weighted by Crippen LogP contribution is 2.47. The maximum Gasteiger partial charge on any atom is 0.330 e. The molecule has 3 aromatic carbocycles. The second kappa shape index (κ2) is 9.34. The van der Waals surface area contributed by atoms with Gasteiger partial charge in [0.2, 0.25) is 5.91 Å². The Bertz CT molecular complexity index is 1420. The van der Waals surface area contributed by atoms with Crippen LogP contribution in [0.3, 0.4) is 0 Å². The Hall–Kier alpha value is -3.65. The Morgan fingerprint density at radius 1 is 1.05 bits per heavy atom. The summed E-state index contributed by atoms with van der Waals surface area (Å²) in [6, 6.07) is 23.1. The summed E-state index contributed by atoms with van der Waals surface area (Å²) in [4.78, 5) is 39.9. The zero-order chi connectivity index (χ0) is 25.6. The summed E-state index contributed by atoms with van der Waals surface area (Å²) in [7, 11) is 0. The number of hydrazone groups is 1. The third kappa shape index (κ3) is 4.29. The fourth-order valence-corrected chi connectivity index (χ4v) is 6.93. The molecule has 3 aromatic rings. The Morgan fingerprint density at radius 3 is 2.62 bits per heavy atom. The molecule has 2 fully saturated rings. The van der Waals surface area contributed by atoms with Gasteiger partial charge in [-0.2, -0.15) is 5.10 Å². The van der Waals surface area contributed by atoms with Crippen LogP contribution in [-0.2, 0) is 19.1 Å². The van der Waals surface area contributed by atoms with Crippen molar-refractivity contribution in [3.63, 3.8) is 0 Å². The lowest BCUT2D eigenvalue weighted by molar-refractivity contribution is -0.158. The van der Waals surface area contributed by atoms with Gasteiger partial charge in [-0.1, -0.05) is 66.7 Å². The second-order valence-corrected chi connectivity index (χ2v) is 11.4. The SMILES string of the molecule is C[C@@]12CCC(=O)N1[C@@H](C(=O)OCC(=O)N1N=C(c3ccc4ccccc4c3)C[C@H]1c1ccccc1)CS2. The van der Waals surface area contributed by atoms with Gasteiger partial charge in [-0.25, -0.2) is 9.80 Å². The average molecular weight is 514 g/mol. The lowest BCUT2D eigenvalue weighted by Crippen LogP contribution is -2.47. The van der Waals surface area contributed by atoms with E-state index in [1.165, 1.54) is 5.01 Å². The molecule has 3 atom stereocenters. The molecule has 0 saturated carbocycles. The van der Waals surface area contributed by atoms with Crippen LogP contribution in [0.2, 0.25) is 0 Å². The van der Waals surface area contributed by atoms with Crippen LogP contribution in [0.25, 0.3) is 10.8 Å². The van der Waals surface area contributed by atoms with Crippen molar-refractivity contribution in [2.75, 3.05) is 12.4 Å². The van der Waals surface area contributed by atoms with Crippen LogP contribution in [0, 0.1) is 0 Å². The van der Waals surface area contributed by atoms with Gasteiger partial charge >= 0.3 is 5.97 Å². The van der Waals surface area contributed by atoms with E-state index in [9.17, 15) is 14.4 Å². The minimum Gasteiger partial charge on any atom is -0.454 e. The van der Waals surface area contributed by atoms with Gasteiger partial charge in [-0.3, -0.25) is 9.59 Å². The first kappa shape index (κ1) is 23.7. The van der Waals surface area contributed by atoms with E-state index in [-0.39, 0.29) is 22.7 Å². The molecular formula is C29H27N3O4S. The number of fused-ring (bicyclic) bond motifs is 2. The third-order valence-electron chi connectivity index (χ3n) is 7.49. The van der Waals surface area contributed by atoms with Crippen molar-refractivity contribution in [3.05, 3.63) is 83.9 Å². The summed E-state index contributed by atoms with van der Waals surface area (Å²) in [6.45, 7) is 1.56. The molecule has 3 aliphatic rings. The highest BCUT2D eigenvalue weighted by atomic mass is 32.2. The molecule has 0 radical (unpaired) electrons. The summed E-state index contributed by atoms with van der Waals surface area (Å²) in [5.74, 6) is -0.474. The molecule has 2 saturated heterocycles. The lowest BCUT2D eigenvalue weighted by Gasteiger charge is -2.29. The van der Waals surface area contributed by atoms with Crippen LogP contribution in [0.5, 0.6) is 0 Å². The quantitative estimate of drug-likeness (QED) is 0.469. The number of benzene rings is 3. The smallest absolute Gasteiger partial charge is 0.330 e. The Labute approximate surface area is 219 Å². The van der Waals surface area contributed by atoms with Crippen LogP contribution >= 0.6 is 11.8 Å². The predicted molar refractivity (Wildman–Crippen MR) is 143 cm³/mol. The molecule has 0 N–H and O–H groups in total. The number of esters is 1. The average Bonchev–Trinajstić information content (AvgIpc) is 3.60. The number of rotatable bonds is 5. The fourth-order valence-electron chi connectivity index (χ4n) is 5.51. The molecule has 3 heterocycles. The van der Waals surface area contributed by atoms with E-state index in [1.807, 2.05) is 55.5 Å². The highest BCUT2D eigenvalue weighted by Gasteiger charge is 2.53. The normalized spacial score (nSPS) is 24.9. The van der Waals surface area contributed by atoms with Gasteiger partial charge < -0.3 is 9.64 Å². The van der Waals surface area contributed by atoms with Crippen LogP contribution in [-0.4, -0.2) is 56.7 Å². The van der Waals surface area contributed by atoms with Crippen molar-refractivity contribution < 1.29 is 19.1 Å². The summed E-state index contributed by atoms with van der Waals surface area (Å²) >= 11 is 1.60. The molecule has 2 amide bonds. The molecule has 3 aliphatic heterocycles. The fraction of sp³-hybridized carbons (Fsp3) is 0.310. The van der Waals surface area contributed by atoms with E-state index in [2.05, 4.69) is 24.3 Å². The number of carbonyl (C=O) groups excluding carboxylic acids is 3. The van der Waals surface area contributed by atoms with E-state index in [0.29, 0.717) is 18.6 Å². The largest absolute Gasteiger partial charge is 0.454 e. The summed E-state index contributed by atoms with van der Waals surface area (Å²) in [5.41, 5.74) is 2.74. The van der Waals surface area contributed by atoms with Crippen molar-refractivity contribution >= 4 is 46.0 Å². The first-order valence-corrected chi connectivity index (χ1v) is 13.5. The minimum atomic E-state index is -0.655. The first-order valence-electron chi connectivity index (χ1n) is 12.5. The molecule has 0 unspecified atom stereocenters. The van der Waals surface area contributed by atoms with Gasteiger partial charge in [-0.15, -0.1) is 11.8 Å². The number of carbonyl (C=O) groups is 3. The molecule has 0 aliphatic carbocycles. The standard InChI is InChI=1S/C29H27N3O4S/c1-29-14-13-26(33)31(29)25(18-37-29)28(35)36-17-27(34)32-24(20-8-3-2-4-9-20)16-23(30-32)22-12-11-19-7-5-6-10-21(19)15-22/h2-12,15,24-25H,13-14,16-18H2,1H3/t24-,25+,29+/m0/s1. The number of amides is 2. The predicted octanol–water partition coefficient (Wildman–Crippen LogP) is 4.51. The number of hydrogen-bond acceptors (Lipinski definition) is 6. The van der Waals surface area contributed by atoms with Crippen molar-refractivity contribution in [2.45, 2.75) is 43.1 Å². The Balaban J connectivity index is 1.22. The molecule has 0 spiro atoms. The number of thioether (sulfide) groups is 1. The first-order chi connectivity index (χ1) is 17.9. The monoisotopic (exact) mass is 513 g/mol. The number of ether oxygens (including phenoxy) is 1. The molecular weight excluding hydrogens is 486 g/mol. The summed E-state index contributed by atoms with van der Waals surface area (Å²) < 4.78 is 5.48. The van der Waals surface area contributed by atoms with Crippen LogP contribution < -0.4 is 0 Å². The van der Waals surface area contributed by atoms with E-state index < -0.39 is 18.6 Å². The zero-order valence-electron chi connectivity index (χ0n) is 20.5. The molecule has 0 bridgehead atoms. The highest BCUT2D eigenvalue weighted by molar-refractivity contribution is 8.01. The van der Waals surface area contributed by atoms with Gasteiger partial charge in [0.15, 0.2) is 6.61 Å². The minimum absolute atomic E-state index is 0.0333. The number of hydrogen-bond donors (Lipinski definition) is 0. The van der Waals surface area contributed by atoms with E-state index >= 15 is 0 Å². The van der Waals surface area contributed by atoms with Crippen molar-refractivity contribution in [1.82, 2.24) is 9.91 Å². The van der Waals surface area contributed by atoms with E-state index in [1.54, 1.807) is 16.7 Å². The van der Waals surface area contributed by atoms with Crippen molar-refractivity contribution in [3.8, 4) is 0 Å². The Kier molecular flexibility index (Phi) is 5.99. The maximum absolute atomic E-state index is 13.3. The van der Waals surface area contributed by atoms with Crippen LogP contribution in [0.1, 0.15) is 43.4 Å². The second-order valence-electron chi connectivity index (χ2n) is 9.85. The Morgan fingerprint density at radius 2 is 1.81 bits per heavy atom.